The van der Waals surface area contributed by atoms with E-state index < -0.39 is 17.1 Å². The van der Waals surface area contributed by atoms with E-state index in [-0.39, 0.29) is 12.3 Å². The molecule has 7 nitrogen and oxygen atoms in total. The summed E-state index contributed by atoms with van der Waals surface area (Å²) in [5, 5.41) is 30.4. The van der Waals surface area contributed by atoms with Gasteiger partial charge < -0.3 is 15.5 Å². The molecule has 1 rings (SSSR count). The molecule has 1 atom stereocenters. The van der Waals surface area contributed by atoms with Crippen molar-refractivity contribution in [2.75, 3.05) is 6.61 Å². The molecule has 1 aromatic carbocycles. The highest BCUT2D eigenvalue weighted by atomic mass is 16.6. The lowest BCUT2D eigenvalue weighted by atomic mass is 10.0. The van der Waals surface area contributed by atoms with Crippen molar-refractivity contribution in [2.45, 2.75) is 18.9 Å². The van der Waals surface area contributed by atoms with Crippen LogP contribution in [0.1, 0.15) is 24.4 Å². The Balaban J connectivity index is 2.92. The quantitative estimate of drug-likeness (QED) is 0.528. The number of aliphatic hydroxyl groups is 1. The zero-order chi connectivity index (χ0) is 13.5. The molecule has 18 heavy (non-hydrogen) atoms. The Hall–Kier alpha value is -2.15. The lowest BCUT2D eigenvalue weighted by molar-refractivity contribution is -0.384. The molecule has 0 spiro atoms. The Morgan fingerprint density at radius 1 is 1.50 bits per heavy atom. The van der Waals surface area contributed by atoms with E-state index in [2.05, 4.69) is 5.32 Å². The van der Waals surface area contributed by atoms with Gasteiger partial charge in [0.25, 0.3) is 5.69 Å². The van der Waals surface area contributed by atoms with Gasteiger partial charge in [-0.15, -0.1) is 0 Å². The molecule has 0 saturated heterocycles. The number of nitro groups is 1. The maximum absolute atomic E-state index is 10.7. The van der Waals surface area contributed by atoms with Crippen molar-refractivity contribution in [3.63, 3.8) is 0 Å². The van der Waals surface area contributed by atoms with Gasteiger partial charge in [-0.05, 0) is 18.4 Å². The maximum Gasteiger partial charge on any atom is 0.405 e. The van der Waals surface area contributed by atoms with Crippen LogP contribution in [0.3, 0.4) is 0 Å². The molecule has 3 N–H and O–H groups in total. The summed E-state index contributed by atoms with van der Waals surface area (Å²) in [6, 6.07) is 5.23. The van der Waals surface area contributed by atoms with E-state index in [0.29, 0.717) is 18.4 Å². The molecule has 7 heteroatoms. The smallest absolute Gasteiger partial charge is 0.405 e. The van der Waals surface area contributed by atoms with Crippen molar-refractivity contribution in [1.82, 2.24) is 5.32 Å². The van der Waals surface area contributed by atoms with Gasteiger partial charge in [-0.1, -0.05) is 12.1 Å². The van der Waals surface area contributed by atoms with Crippen molar-refractivity contribution in [2.24, 2.45) is 0 Å². The highest BCUT2D eigenvalue weighted by Crippen LogP contribution is 2.22. The summed E-state index contributed by atoms with van der Waals surface area (Å²) in [6.45, 7) is -0.0628. The van der Waals surface area contributed by atoms with Crippen LogP contribution >= 0.6 is 0 Å². The minimum Gasteiger partial charge on any atom is -0.465 e. The van der Waals surface area contributed by atoms with Crippen LogP contribution in [0.4, 0.5) is 10.5 Å². The number of aliphatic hydroxyl groups excluding tert-OH is 1. The molecule has 1 unspecified atom stereocenters. The maximum atomic E-state index is 10.7. The van der Waals surface area contributed by atoms with Crippen molar-refractivity contribution in [3.05, 3.63) is 39.9 Å². The molecule has 0 aliphatic heterocycles. The number of rotatable bonds is 6. The first-order valence-corrected chi connectivity index (χ1v) is 5.39. The average molecular weight is 254 g/mol. The fourth-order valence-corrected chi connectivity index (χ4v) is 1.62. The highest BCUT2D eigenvalue weighted by molar-refractivity contribution is 5.65. The van der Waals surface area contributed by atoms with Gasteiger partial charge in [-0.25, -0.2) is 4.79 Å². The normalized spacial score (nSPS) is 11.8. The molecule has 0 fully saturated rings. The van der Waals surface area contributed by atoms with Gasteiger partial charge >= 0.3 is 6.09 Å². The standard InChI is InChI=1S/C11H14N2O5/c14-6-2-5-10(12-11(15)16)8-3-1-4-9(7-8)13(17)18/h1,3-4,7,10,12,14H,2,5-6H2,(H,15,16). The molecule has 1 aromatic rings. The Bertz CT molecular complexity index is 435. The van der Waals surface area contributed by atoms with Gasteiger partial charge in [0.05, 0.1) is 11.0 Å². The van der Waals surface area contributed by atoms with E-state index in [4.69, 9.17) is 10.2 Å². The van der Waals surface area contributed by atoms with E-state index in [9.17, 15) is 14.9 Å². The second kappa shape index (κ2) is 6.55. The first kappa shape index (κ1) is 13.9. The van der Waals surface area contributed by atoms with Crippen molar-refractivity contribution < 1.29 is 19.9 Å². The van der Waals surface area contributed by atoms with Crippen LogP contribution in [-0.4, -0.2) is 27.8 Å². The third kappa shape index (κ3) is 4.02. The fourth-order valence-electron chi connectivity index (χ4n) is 1.62. The first-order chi connectivity index (χ1) is 8.54. The zero-order valence-corrected chi connectivity index (χ0v) is 9.57. The monoisotopic (exact) mass is 254 g/mol. The van der Waals surface area contributed by atoms with Gasteiger partial charge in [-0.3, -0.25) is 10.1 Å². The van der Waals surface area contributed by atoms with Gasteiger partial charge in [0.15, 0.2) is 0 Å². The molecule has 0 bridgehead atoms. The van der Waals surface area contributed by atoms with Gasteiger partial charge in [0.2, 0.25) is 0 Å². The highest BCUT2D eigenvalue weighted by Gasteiger charge is 2.16. The average Bonchev–Trinajstić information content (AvgIpc) is 2.34. The van der Waals surface area contributed by atoms with Gasteiger partial charge in [0, 0.05) is 18.7 Å². The largest absolute Gasteiger partial charge is 0.465 e. The molecule has 98 valence electrons. The number of amides is 1. The zero-order valence-electron chi connectivity index (χ0n) is 9.57. The molecule has 0 aliphatic rings. The number of nitro benzene ring substituents is 1. The fraction of sp³-hybridized carbons (Fsp3) is 0.364. The van der Waals surface area contributed by atoms with Crippen LogP contribution in [0.5, 0.6) is 0 Å². The summed E-state index contributed by atoms with van der Waals surface area (Å²) in [7, 11) is 0. The summed E-state index contributed by atoms with van der Waals surface area (Å²) < 4.78 is 0. The second-order valence-electron chi connectivity index (χ2n) is 3.72. The van der Waals surface area contributed by atoms with E-state index in [1.165, 1.54) is 18.2 Å². The van der Waals surface area contributed by atoms with Gasteiger partial charge in [0.1, 0.15) is 0 Å². The Kier molecular flexibility index (Phi) is 5.06. The number of benzene rings is 1. The Morgan fingerprint density at radius 3 is 2.78 bits per heavy atom. The second-order valence-corrected chi connectivity index (χ2v) is 3.72. The van der Waals surface area contributed by atoms with Crippen LogP contribution in [0.15, 0.2) is 24.3 Å². The molecule has 0 aromatic heterocycles. The summed E-state index contributed by atoms with van der Waals surface area (Å²) in [4.78, 5) is 20.8. The number of carboxylic acid groups (broad SMARTS) is 1. The van der Waals surface area contributed by atoms with E-state index in [1.807, 2.05) is 0 Å². The molecule has 0 aliphatic carbocycles. The van der Waals surface area contributed by atoms with Crippen LogP contribution in [0.25, 0.3) is 0 Å². The predicted molar refractivity (Wildman–Crippen MR) is 63.3 cm³/mol. The number of hydrogen-bond donors (Lipinski definition) is 3. The molecule has 0 heterocycles. The number of nitrogens with one attached hydrogen (secondary N) is 1. The topological polar surface area (TPSA) is 113 Å². The third-order valence-electron chi connectivity index (χ3n) is 2.43. The Morgan fingerprint density at radius 2 is 2.22 bits per heavy atom. The minimum atomic E-state index is -1.20. The number of nitrogens with zero attached hydrogens (tertiary/aromatic N) is 1. The summed E-state index contributed by atoms with van der Waals surface area (Å²) in [5.74, 6) is 0. The molecule has 1 amide bonds. The first-order valence-electron chi connectivity index (χ1n) is 5.39. The summed E-state index contributed by atoms with van der Waals surface area (Å²) >= 11 is 0. The SMILES string of the molecule is O=C(O)NC(CCCO)c1cccc([N+](=O)[O-])c1. The minimum absolute atomic E-state index is 0.0628. The van der Waals surface area contributed by atoms with Crippen molar-refractivity contribution in [3.8, 4) is 0 Å². The van der Waals surface area contributed by atoms with E-state index in [0.717, 1.165) is 0 Å². The summed E-state index contributed by atoms with van der Waals surface area (Å²) in [6.07, 6.45) is -0.415. The third-order valence-corrected chi connectivity index (χ3v) is 2.43. The van der Waals surface area contributed by atoms with Crippen LogP contribution < -0.4 is 5.32 Å². The molecular weight excluding hydrogens is 240 g/mol. The van der Waals surface area contributed by atoms with E-state index >= 15 is 0 Å². The van der Waals surface area contributed by atoms with Crippen LogP contribution in [0, 0.1) is 10.1 Å². The molecule has 0 saturated carbocycles. The lowest BCUT2D eigenvalue weighted by Gasteiger charge is -2.16. The van der Waals surface area contributed by atoms with Crippen LogP contribution in [0.2, 0.25) is 0 Å². The number of carbonyl (C=O) groups is 1. The predicted octanol–water partition coefficient (Wildman–Crippen LogP) is 1.68. The summed E-state index contributed by atoms with van der Waals surface area (Å²) in [5.41, 5.74) is 0.425. The number of hydrogen-bond acceptors (Lipinski definition) is 4. The van der Waals surface area contributed by atoms with Gasteiger partial charge in [-0.2, -0.15) is 0 Å². The molecular formula is C11H14N2O5. The Labute approximate surface area is 103 Å². The van der Waals surface area contributed by atoms with Crippen molar-refractivity contribution in [1.29, 1.82) is 0 Å². The van der Waals surface area contributed by atoms with E-state index in [1.54, 1.807) is 6.07 Å². The van der Waals surface area contributed by atoms with Crippen molar-refractivity contribution >= 4 is 11.8 Å². The number of non-ortho nitro benzene ring substituents is 1. The molecule has 0 radical (unpaired) electrons. The van der Waals surface area contributed by atoms with Crippen LogP contribution in [-0.2, 0) is 0 Å². The lowest BCUT2D eigenvalue weighted by Crippen LogP contribution is -2.27.